The molecule has 1 aliphatic carbocycles. The molecule has 2 aromatic rings. The number of piperazine rings is 1. The van der Waals surface area contributed by atoms with Gasteiger partial charge in [0.05, 0.1) is 11.9 Å². The number of aryl methyl sites for hydroxylation is 2. The van der Waals surface area contributed by atoms with Gasteiger partial charge in [-0.1, -0.05) is 0 Å². The second kappa shape index (κ2) is 5.63. The average molecular weight is 331 g/mol. The molecule has 2 aromatic heterocycles. The summed E-state index contributed by atoms with van der Waals surface area (Å²) < 4.78 is 1.81. The van der Waals surface area contributed by atoms with Crippen LogP contribution in [0, 0.1) is 12.8 Å². The van der Waals surface area contributed by atoms with Crippen LogP contribution in [0.3, 0.4) is 0 Å². The Hall–Kier alpha value is -1.89. The van der Waals surface area contributed by atoms with E-state index in [0.29, 0.717) is 11.8 Å². The lowest BCUT2D eigenvalue weighted by atomic mass is 10.2. The molecule has 6 nitrogen and oxygen atoms in total. The van der Waals surface area contributed by atoms with Crippen LogP contribution in [0.1, 0.15) is 23.6 Å². The fourth-order valence-corrected chi connectivity index (χ4v) is 4.16. The highest BCUT2D eigenvalue weighted by Crippen LogP contribution is 2.48. The predicted octanol–water partition coefficient (Wildman–Crippen LogP) is 1.64. The van der Waals surface area contributed by atoms with Gasteiger partial charge >= 0.3 is 0 Å². The Kier molecular flexibility index (Phi) is 3.60. The van der Waals surface area contributed by atoms with Crippen LogP contribution in [0.4, 0.5) is 5.13 Å². The van der Waals surface area contributed by atoms with Crippen molar-refractivity contribution in [1.29, 1.82) is 0 Å². The molecule has 23 heavy (non-hydrogen) atoms. The van der Waals surface area contributed by atoms with E-state index in [9.17, 15) is 4.79 Å². The third-order valence-electron chi connectivity index (χ3n) is 4.73. The molecule has 3 heterocycles. The summed E-state index contributed by atoms with van der Waals surface area (Å²) in [5, 5.41) is 7.37. The fraction of sp³-hybridized carbons (Fsp3) is 0.562. The van der Waals surface area contributed by atoms with Crippen LogP contribution in [0.25, 0.3) is 0 Å². The Labute approximate surface area is 139 Å². The number of aromatic nitrogens is 3. The second-order valence-corrected chi connectivity index (χ2v) is 7.32. The predicted molar refractivity (Wildman–Crippen MR) is 89.7 cm³/mol. The summed E-state index contributed by atoms with van der Waals surface area (Å²) in [6.45, 7) is 5.37. The van der Waals surface area contributed by atoms with E-state index in [1.54, 1.807) is 11.3 Å². The van der Waals surface area contributed by atoms with Crippen molar-refractivity contribution < 1.29 is 4.79 Å². The summed E-state index contributed by atoms with van der Waals surface area (Å²) in [4.78, 5) is 21.5. The summed E-state index contributed by atoms with van der Waals surface area (Å²) in [6, 6.07) is 0. The number of nitrogens with zero attached hydrogens (tertiary/aromatic N) is 5. The number of carbonyl (C=O) groups is 1. The first-order valence-electron chi connectivity index (χ1n) is 8.06. The van der Waals surface area contributed by atoms with Gasteiger partial charge in [-0.2, -0.15) is 5.10 Å². The van der Waals surface area contributed by atoms with Crippen molar-refractivity contribution in [2.24, 2.45) is 13.0 Å². The van der Waals surface area contributed by atoms with Crippen LogP contribution < -0.4 is 4.90 Å². The summed E-state index contributed by atoms with van der Waals surface area (Å²) in [5.41, 5.74) is 2.27. The molecule has 2 atom stereocenters. The van der Waals surface area contributed by atoms with Crippen LogP contribution in [0.15, 0.2) is 17.8 Å². The monoisotopic (exact) mass is 331 g/mol. The molecule has 7 heteroatoms. The molecule has 0 bridgehead atoms. The Morgan fingerprint density at radius 1 is 1.30 bits per heavy atom. The molecule has 0 N–H and O–H groups in total. The molecule has 1 aliphatic heterocycles. The normalized spacial score (nSPS) is 24.1. The SMILES string of the molecule is Cc1csc(N2CCN(C(=O)[C@H]3C[C@@H]3c3cnn(C)c3)CC2)n1. The van der Waals surface area contributed by atoms with E-state index in [0.717, 1.165) is 43.4 Å². The molecular weight excluding hydrogens is 310 g/mol. The van der Waals surface area contributed by atoms with Gasteiger partial charge in [-0.05, 0) is 24.8 Å². The molecule has 122 valence electrons. The number of rotatable bonds is 3. The topological polar surface area (TPSA) is 54.3 Å². The lowest BCUT2D eigenvalue weighted by molar-refractivity contribution is -0.132. The van der Waals surface area contributed by atoms with Crippen LogP contribution in [0.2, 0.25) is 0 Å². The van der Waals surface area contributed by atoms with Crippen LogP contribution in [0.5, 0.6) is 0 Å². The minimum Gasteiger partial charge on any atom is -0.345 e. The molecule has 4 rings (SSSR count). The van der Waals surface area contributed by atoms with Crippen LogP contribution in [-0.4, -0.2) is 51.8 Å². The van der Waals surface area contributed by atoms with Crippen LogP contribution >= 0.6 is 11.3 Å². The minimum absolute atomic E-state index is 0.160. The maximum atomic E-state index is 12.7. The molecule has 0 aromatic carbocycles. The minimum atomic E-state index is 0.160. The average Bonchev–Trinajstić information content (AvgIpc) is 3.05. The van der Waals surface area contributed by atoms with Crippen molar-refractivity contribution in [3.63, 3.8) is 0 Å². The maximum Gasteiger partial charge on any atom is 0.226 e. The lowest BCUT2D eigenvalue weighted by Crippen LogP contribution is -2.49. The number of carbonyl (C=O) groups excluding carboxylic acids is 1. The highest BCUT2D eigenvalue weighted by molar-refractivity contribution is 7.13. The third kappa shape index (κ3) is 2.85. The van der Waals surface area contributed by atoms with Gasteiger partial charge in [0, 0.05) is 50.7 Å². The molecule has 0 radical (unpaired) electrons. The maximum absolute atomic E-state index is 12.7. The van der Waals surface area contributed by atoms with E-state index in [4.69, 9.17) is 0 Å². The van der Waals surface area contributed by atoms with Gasteiger partial charge in [0.25, 0.3) is 0 Å². The third-order valence-corrected chi connectivity index (χ3v) is 5.75. The van der Waals surface area contributed by atoms with Crippen molar-refractivity contribution in [1.82, 2.24) is 19.7 Å². The van der Waals surface area contributed by atoms with Gasteiger partial charge < -0.3 is 9.80 Å². The zero-order valence-corrected chi connectivity index (χ0v) is 14.3. The lowest BCUT2D eigenvalue weighted by Gasteiger charge is -2.34. The van der Waals surface area contributed by atoms with Gasteiger partial charge in [0.15, 0.2) is 5.13 Å². The number of thiazole rings is 1. The highest BCUT2D eigenvalue weighted by atomic mass is 32.1. The zero-order chi connectivity index (χ0) is 16.0. The number of amides is 1. The smallest absolute Gasteiger partial charge is 0.226 e. The van der Waals surface area contributed by atoms with E-state index in [2.05, 4.69) is 20.4 Å². The van der Waals surface area contributed by atoms with Crippen molar-refractivity contribution in [2.75, 3.05) is 31.1 Å². The highest BCUT2D eigenvalue weighted by Gasteiger charge is 2.46. The first-order chi connectivity index (χ1) is 11.1. The summed E-state index contributed by atoms with van der Waals surface area (Å²) >= 11 is 1.69. The van der Waals surface area contributed by atoms with Gasteiger partial charge in [-0.3, -0.25) is 9.48 Å². The van der Waals surface area contributed by atoms with Gasteiger partial charge in [0.1, 0.15) is 0 Å². The molecule has 1 amide bonds. The quantitative estimate of drug-likeness (QED) is 0.858. The zero-order valence-electron chi connectivity index (χ0n) is 13.5. The Morgan fingerprint density at radius 3 is 2.70 bits per heavy atom. The second-order valence-electron chi connectivity index (χ2n) is 6.48. The van der Waals surface area contributed by atoms with Crippen molar-refractivity contribution in [2.45, 2.75) is 19.3 Å². The van der Waals surface area contributed by atoms with E-state index >= 15 is 0 Å². The van der Waals surface area contributed by atoms with E-state index < -0.39 is 0 Å². The molecule has 1 saturated carbocycles. The van der Waals surface area contributed by atoms with Crippen LogP contribution in [-0.2, 0) is 11.8 Å². The van der Waals surface area contributed by atoms with E-state index in [-0.39, 0.29) is 5.92 Å². The van der Waals surface area contributed by atoms with E-state index in [1.165, 1.54) is 5.56 Å². The van der Waals surface area contributed by atoms with Crippen molar-refractivity contribution in [3.8, 4) is 0 Å². The first kappa shape index (κ1) is 14.7. The van der Waals surface area contributed by atoms with Gasteiger partial charge in [0.2, 0.25) is 5.91 Å². The molecule has 2 fully saturated rings. The summed E-state index contributed by atoms with van der Waals surface area (Å²) in [7, 11) is 1.92. The Bertz CT molecular complexity index is 716. The molecule has 0 unspecified atom stereocenters. The fourth-order valence-electron chi connectivity index (χ4n) is 3.31. The molecular formula is C16H21N5OS. The summed E-state index contributed by atoms with van der Waals surface area (Å²) in [5.74, 6) is 0.845. The number of hydrogen-bond acceptors (Lipinski definition) is 5. The van der Waals surface area contributed by atoms with Crippen molar-refractivity contribution in [3.05, 3.63) is 29.0 Å². The number of hydrogen-bond donors (Lipinski definition) is 0. The number of anilines is 1. The molecule has 1 saturated heterocycles. The molecule has 2 aliphatic rings. The Morgan fingerprint density at radius 2 is 2.09 bits per heavy atom. The largest absolute Gasteiger partial charge is 0.345 e. The first-order valence-corrected chi connectivity index (χ1v) is 8.94. The molecule has 0 spiro atoms. The van der Waals surface area contributed by atoms with E-state index in [1.807, 2.05) is 35.9 Å². The Balaban J connectivity index is 1.33. The standard InChI is InChI=1S/C16H21N5OS/c1-11-10-23-16(18-11)21-5-3-20(4-6-21)15(22)14-7-13(14)12-8-17-19(2)9-12/h8-10,13-14H,3-7H2,1-2H3/t13-,14+/m1/s1. The van der Waals surface area contributed by atoms with Gasteiger partial charge in [-0.15, -0.1) is 11.3 Å². The van der Waals surface area contributed by atoms with Gasteiger partial charge in [-0.25, -0.2) is 4.98 Å². The van der Waals surface area contributed by atoms with Crippen molar-refractivity contribution >= 4 is 22.4 Å². The summed E-state index contributed by atoms with van der Waals surface area (Å²) in [6.07, 6.45) is 4.89.